The van der Waals surface area contributed by atoms with Crippen LogP contribution in [-0.4, -0.2) is 43.8 Å². The minimum absolute atomic E-state index is 0.261. The van der Waals surface area contributed by atoms with E-state index in [0.29, 0.717) is 18.1 Å². The first-order valence-corrected chi connectivity index (χ1v) is 7.96. The number of rotatable bonds is 4. The van der Waals surface area contributed by atoms with E-state index in [1.54, 1.807) is 7.11 Å². The molecule has 0 amide bonds. The molecule has 1 fully saturated rings. The quantitative estimate of drug-likeness (QED) is 0.922. The highest BCUT2D eigenvalue weighted by Crippen LogP contribution is 2.31. The maximum Gasteiger partial charge on any atom is 0.0615 e. The lowest BCUT2D eigenvalue weighted by molar-refractivity contribution is -0.00175. The second-order valence-electron chi connectivity index (χ2n) is 7.25. The van der Waals surface area contributed by atoms with E-state index in [-0.39, 0.29) is 5.41 Å². The van der Waals surface area contributed by atoms with Crippen molar-refractivity contribution in [2.24, 2.45) is 5.41 Å². The van der Waals surface area contributed by atoms with Gasteiger partial charge in [0.15, 0.2) is 0 Å². The minimum atomic E-state index is 0.261. The van der Waals surface area contributed by atoms with Crippen LogP contribution in [0.3, 0.4) is 0 Å². The normalized spacial score (nSPS) is 25.8. The molecule has 3 heteroatoms. The molecule has 1 saturated heterocycles. The summed E-state index contributed by atoms with van der Waals surface area (Å²) in [6.45, 7) is 12.1. The van der Waals surface area contributed by atoms with Gasteiger partial charge in [0.25, 0.3) is 0 Å². The Morgan fingerprint density at radius 2 is 1.95 bits per heavy atom. The molecule has 0 aliphatic carbocycles. The molecular formula is C18H30N2O. The van der Waals surface area contributed by atoms with Crippen LogP contribution in [0.2, 0.25) is 0 Å². The Labute approximate surface area is 129 Å². The van der Waals surface area contributed by atoms with Crippen LogP contribution in [0.5, 0.6) is 0 Å². The van der Waals surface area contributed by atoms with E-state index < -0.39 is 0 Å². The Balaban J connectivity index is 2.16. The highest BCUT2D eigenvalue weighted by atomic mass is 16.5. The summed E-state index contributed by atoms with van der Waals surface area (Å²) in [6.07, 6.45) is 0. The molecule has 1 heterocycles. The Kier molecular flexibility index (Phi) is 5.42. The lowest BCUT2D eigenvalue weighted by atomic mass is 9.82. The third kappa shape index (κ3) is 4.06. The van der Waals surface area contributed by atoms with Gasteiger partial charge in [-0.25, -0.2) is 0 Å². The smallest absolute Gasteiger partial charge is 0.0615 e. The van der Waals surface area contributed by atoms with Crippen LogP contribution in [0.25, 0.3) is 0 Å². The van der Waals surface area contributed by atoms with Crippen molar-refractivity contribution in [3.63, 3.8) is 0 Å². The molecule has 2 rings (SSSR count). The Morgan fingerprint density at radius 3 is 2.52 bits per heavy atom. The van der Waals surface area contributed by atoms with Gasteiger partial charge in [-0.3, -0.25) is 4.90 Å². The Hall–Kier alpha value is -0.900. The van der Waals surface area contributed by atoms with E-state index in [9.17, 15) is 0 Å². The number of methoxy groups -OCH3 is 1. The van der Waals surface area contributed by atoms with Crippen LogP contribution >= 0.6 is 0 Å². The second kappa shape index (κ2) is 6.91. The predicted octanol–water partition coefficient (Wildman–Crippen LogP) is 3.08. The standard InChI is InChI=1S/C18H30N2O/c1-14(13-21-5)20-12-16(15-9-7-6-8-10-15)19-11-17(20)18(2,3)4/h6-10,14,16-17,19H,11-13H2,1-5H3. The molecule has 1 aliphatic heterocycles. The van der Waals surface area contributed by atoms with Crippen LogP contribution in [0.4, 0.5) is 0 Å². The number of hydrogen-bond acceptors (Lipinski definition) is 3. The molecule has 1 aromatic carbocycles. The fourth-order valence-electron chi connectivity index (χ4n) is 3.31. The first-order valence-electron chi connectivity index (χ1n) is 7.96. The van der Waals surface area contributed by atoms with Crippen molar-refractivity contribution in [1.82, 2.24) is 10.2 Å². The minimum Gasteiger partial charge on any atom is -0.383 e. The van der Waals surface area contributed by atoms with E-state index >= 15 is 0 Å². The van der Waals surface area contributed by atoms with Gasteiger partial charge in [-0.2, -0.15) is 0 Å². The van der Waals surface area contributed by atoms with Crippen LogP contribution in [0.1, 0.15) is 39.3 Å². The number of piperazine rings is 1. The Bertz CT molecular complexity index is 427. The highest BCUT2D eigenvalue weighted by Gasteiger charge is 2.37. The third-order valence-corrected chi connectivity index (χ3v) is 4.53. The van der Waals surface area contributed by atoms with Crippen molar-refractivity contribution in [2.45, 2.75) is 45.8 Å². The van der Waals surface area contributed by atoms with Crippen molar-refractivity contribution in [1.29, 1.82) is 0 Å². The van der Waals surface area contributed by atoms with Crippen molar-refractivity contribution in [2.75, 3.05) is 26.8 Å². The van der Waals surface area contributed by atoms with Crippen molar-refractivity contribution < 1.29 is 4.74 Å². The molecule has 0 bridgehead atoms. The topological polar surface area (TPSA) is 24.5 Å². The van der Waals surface area contributed by atoms with Gasteiger partial charge in [-0.05, 0) is 17.9 Å². The average Bonchev–Trinajstić information content (AvgIpc) is 2.47. The lowest BCUT2D eigenvalue weighted by Crippen LogP contribution is -2.60. The lowest BCUT2D eigenvalue weighted by Gasteiger charge is -2.49. The summed E-state index contributed by atoms with van der Waals surface area (Å²) >= 11 is 0. The van der Waals surface area contributed by atoms with Crippen LogP contribution in [0, 0.1) is 5.41 Å². The van der Waals surface area contributed by atoms with E-state index in [2.05, 4.69) is 68.2 Å². The summed E-state index contributed by atoms with van der Waals surface area (Å²) in [6, 6.07) is 12.1. The maximum absolute atomic E-state index is 5.40. The fourth-order valence-corrected chi connectivity index (χ4v) is 3.31. The molecule has 3 nitrogen and oxygen atoms in total. The molecule has 0 radical (unpaired) electrons. The molecule has 1 aliphatic rings. The summed E-state index contributed by atoms with van der Waals surface area (Å²) in [5.74, 6) is 0. The number of ether oxygens (including phenoxy) is 1. The van der Waals surface area contributed by atoms with E-state index in [0.717, 1.165) is 19.7 Å². The van der Waals surface area contributed by atoms with E-state index in [4.69, 9.17) is 4.74 Å². The zero-order valence-electron chi connectivity index (χ0n) is 14.1. The first-order chi connectivity index (χ1) is 9.93. The highest BCUT2D eigenvalue weighted by molar-refractivity contribution is 5.20. The van der Waals surface area contributed by atoms with Gasteiger partial charge in [0.05, 0.1) is 6.61 Å². The Morgan fingerprint density at radius 1 is 1.29 bits per heavy atom. The van der Waals surface area contributed by atoms with Crippen molar-refractivity contribution >= 4 is 0 Å². The number of nitrogens with one attached hydrogen (secondary N) is 1. The number of benzene rings is 1. The fraction of sp³-hybridized carbons (Fsp3) is 0.667. The zero-order valence-corrected chi connectivity index (χ0v) is 14.1. The monoisotopic (exact) mass is 290 g/mol. The van der Waals surface area contributed by atoms with Gasteiger partial charge in [-0.15, -0.1) is 0 Å². The number of nitrogens with zero attached hydrogens (tertiary/aromatic N) is 1. The van der Waals surface area contributed by atoms with Crippen LogP contribution in [0.15, 0.2) is 30.3 Å². The predicted molar refractivity (Wildman–Crippen MR) is 88.5 cm³/mol. The molecule has 0 saturated carbocycles. The zero-order chi connectivity index (χ0) is 15.5. The second-order valence-corrected chi connectivity index (χ2v) is 7.25. The van der Waals surface area contributed by atoms with Gasteiger partial charge < -0.3 is 10.1 Å². The molecule has 3 unspecified atom stereocenters. The van der Waals surface area contributed by atoms with Gasteiger partial charge >= 0.3 is 0 Å². The molecule has 0 aromatic heterocycles. The van der Waals surface area contributed by atoms with Gasteiger partial charge in [0, 0.05) is 38.3 Å². The largest absolute Gasteiger partial charge is 0.383 e. The molecule has 1 N–H and O–H groups in total. The number of hydrogen-bond donors (Lipinski definition) is 1. The first kappa shape index (κ1) is 16.5. The summed E-state index contributed by atoms with van der Waals surface area (Å²) in [7, 11) is 1.79. The molecular weight excluding hydrogens is 260 g/mol. The van der Waals surface area contributed by atoms with Crippen LogP contribution < -0.4 is 5.32 Å². The molecule has 21 heavy (non-hydrogen) atoms. The summed E-state index contributed by atoms with van der Waals surface area (Å²) in [5, 5.41) is 3.74. The molecule has 118 valence electrons. The molecule has 1 aromatic rings. The summed E-state index contributed by atoms with van der Waals surface area (Å²) < 4.78 is 5.40. The van der Waals surface area contributed by atoms with Gasteiger partial charge in [-0.1, -0.05) is 51.1 Å². The van der Waals surface area contributed by atoms with Gasteiger partial charge in [0.2, 0.25) is 0 Å². The molecule has 3 atom stereocenters. The SMILES string of the molecule is COCC(C)N1CC(c2ccccc2)NCC1C(C)(C)C. The third-order valence-electron chi connectivity index (χ3n) is 4.53. The maximum atomic E-state index is 5.40. The van der Waals surface area contributed by atoms with Crippen LogP contribution in [-0.2, 0) is 4.74 Å². The van der Waals surface area contributed by atoms with Crippen molar-refractivity contribution in [3.8, 4) is 0 Å². The summed E-state index contributed by atoms with van der Waals surface area (Å²) in [4.78, 5) is 2.62. The average molecular weight is 290 g/mol. The van der Waals surface area contributed by atoms with Crippen molar-refractivity contribution in [3.05, 3.63) is 35.9 Å². The van der Waals surface area contributed by atoms with E-state index in [1.165, 1.54) is 5.56 Å². The molecule has 0 spiro atoms. The van der Waals surface area contributed by atoms with Gasteiger partial charge in [0.1, 0.15) is 0 Å². The van der Waals surface area contributed by atoms with E-state index in [1.807, 2.05) is 0 Å². The summed E-state index contributed by atoms with van der Waals surface area (Å²) in [5.41, 5.74) is 1.64.